The molecule has 2 aromatic heterocycles. The highest BCUT2D eigenvalue weighted by Gasteiger charge is 2.29. The molecule has 0 saturated carbocycles. The first kappa shape index (κ1) is 17.6. The second kappa shape index (κ2) is 7.48. The number of nitrogens with zero attached hydrogens (tertiary/aromatic N) is 4. The van der Waals surface area contributed by atoms with E-state index in [9.17, 15) is 4.79 Å². The second-order valence-electron chi connectivity index (χ2n) is 7.74. The fourth-order valence-electron chi connectivity index (χ4n) is 4.45. The smallest absolute Gasteiger partial charge is 0.262 e. The van der Waals surface area contributed by atoms with Crippen LogP contribution in [0, 0.1) is 0 Å². The quantitative estimate of drug-likeness (QED) is 0.754. The Labute approximate surface area is 163 Å². The van der Waals surface area contributed by atoms with Gasteiger partial charge in [0, 0.05) is 19.8 Å². The number of aromatic amines is 1. The van der Waals surface area contributed by atoms with Crippen LogP contribution in [0.1, 0.15) is 49.2 Å². The van der Waals surface area contributed by atoms with Crippen molar-refractivity contribution < 1.29 is 4.74 Å². The Bertz CT molecular complexity index is 1010. The maximum atomic E-state index is 12.7. The van der Waals surface area contributed by atoms with Crippen LogP contribution in [0.15, 0.2) is 41.3 Å². The standard InChI is InChI=1S/C21H25N5O2/c27-21-17-13-22-26(16-8-11-28-12-9-16)20(17)23-19(24-21)18-7-4-10-25(18)14-15-5-2-1-3-6-15/h1-3,5-6,13,16,18H,4,7-12,14H2,(H,23,24,27)/t18-/m0/s1. The van der Waals surface area contributed by atoms with Crippen molar-refractivity contribution in [1.82, 2.24) is 24.6 Å². The van der Waals surface area contributed by atoms with Gasteiger partial charge in [-0.2, -0.15) is 5.10 Å². The fourth-order valence-corrected chi connectivity index (χ4v) is 4.45. The molecule has 4 heterocycles. The molecule has 0 aliphatic carbocycles. The summed E-state index contributed by atoms with van der Waals surface area (Å²) in [6.45, 7) is 3.35. The maximum Gasteiger partial charge on any atom is 0.262 e. The second-order valence-corrected chi connectivity index (χ2v) is 7.74. The highest BCUT2D eigenvalue weighted by atomic mass is 16.5. The number of likely N-dealkylation sites (tertiary alicyclic amines) is 1. The summed E-state index contributed by atoms with van der Waals surface area (Å²) in [6.07, 6.45) is 5.58. The lowest BCUT2D eigenvalue weighted by molar-refractivity contribution is 0.0673. The SMILES string of the molecule is O=c1[nH]c([C@@H]2CCCN2Cc2ccccc2)nc2c1cnn2C1CCOCC1. The van der Waals surface area contributed by atoms with Crippen molar-refractivity contribution in [1.29, 1.82) is 0 Å². The van der Waals surface area contributed by atoms with Crippen LogP contribution in [0.4, 0.5) is 0 Å². The molecule has 1 N–H and O–H groups in total. The van der Waals surface area contributed by atoms with Crippen molar-refractivity contribution in [3.63, 3.8) is 0 Å². The molecule has 3 aromatic rings. The average Bonchev–Trinajstić information content (AvgIpc) is 3.36. The van der Waals surface area contributed by atoms with E-state index in [2.05, 4.69) is 39.2 Å². The van der Waals surface area contributed by atoms with Gasteiger partial charge in [-0.15, -0.1) is 0 Å². The van der Waals surface area contributed by atoms with Gasteiger partial charge in [-0.3, -0.25) is 9.69 Å². The van der Waals surface area contributed by atoms with Crippen molar-refractivity contribution in [2.45, 2.75) is 44.3 Å². The zero-order chi connectivity index (χ0) is 18.9. The molecular formula is C21H25N5O2. The zero-order valence-electron chi connectivity index (χ0n) is 15.9. The van der Waals surface area contributed by atoms with Crippen LogP contribution in [0.5, 0.6) is 0 Å². The van der Waals surface area contributed by atoms with Gasteiger partial charge in [-0.05, 0) is 37.8 Å². The minimum absolute atomic E-state index is 0.0927. The Morgan fingerprint density at radius 2 is 1.96 bits per heavy atom. The molecule has 1 atom stereocenters. The predicted molar refractivity (Wildman–Crippen MR) is 106 cm³/mol. The fraction of sp³-hybridized carbons (Fsp3) is 0.476. The number of fused-ring (bicyclic) bond motifs is 1. The third kappa shape index (κ3) is 3.25. The predicted octanol–water partition coefficient (Wildman–Crippen LogP) is 2.81. The first-order chi connectivity index (χ1) is 13.8. The van der Waals surface area contributed by atoms with Crippen molar-refractivity contribution >= 4 is 11.0 Å². The number of nitrogens with one attached hydrogen (secondary N) is 1. The Morgan fingerprint density at radius 1 is 1.14 bits per heavy atom. The van der Waals surface area contributed by atoms with Crippen LogP contribution in [0.25, 0.3) is 11.0 Å². The molecule has 2 aliphatic heterocycles. The average molecular weight is 379 g/mol. The summed E-state index contributed by atoms with van der Waals surface area (Å²) in [4.78, 5) is 23.1. The number of hydrogen-bond donors (Lipinski definition) is 1. The summed E-state index contributed by atoms with van der Waals surface area (Å²) in [5, 5.41) is 5.07. The van der Waals surface area contributed by atoms with Crippen LogP contribution in [0.3, 0.4) is 0 Å². The summed E-state index contributed by atoms with van der Waals surface area (Å²) in [5.74, 6) is 0.764. The molecule has 7 nitrogen and oxygen atoms in total. The van der Waals surface area contributed by atoms with Crippen molar-refractivity contribution in [2.75, 3.05) is 19.8 Å². The van der Waals surface area contributed by atoms with Crippen molar-refractivity contribution in [2.24, 2.45) is 0 Å². The molecule has 0 unspecified atom stereocenters. The van der Waals surface area contributed by atoms with Crippen LogP contribution >= 0.6 is 0 Å². The summed E-state index contributed by atoms with van der Waals surface area (Å²) < 4.78 is 7.41. The number of ether oxygens (including phenoxy) is 1. The molecule has 2 fully saturated rings. The Balaban J connectivity index is 1.48. The van der Waals surface area contributed by atoms with Gasteiger partial charge < -0.3 is 9.72 Å². The number of rotatable bonds is 4. The van der Waals surface area contributed by atoms with E-state index >= 15 is 0 Å². The lowest BCUT2D eigenvalue weighted by Gasteiger charge is -2.25. The van der Waals surface area contributed by atoms with Gasteiger partial charge in [0.1, 0.15) is 11.2 Å². The Morgan fingerprint density at radius 3 is 2.79 bits per heavy atom. The molecule has 0 radical (unpaired) electrons. The lowest BCUT2D eigenvalue weighted by atomic mass is 10.1. The van der Waals surface area contributed by atoms with E-state index in [1.807, 2.05) is 10.7 Å². The number of benzene rings is 1. The highest BCUT2D eigenvalue weighted by molar-refractivity contribution is 5.73. The van der Waals surface area contributed by atoms with E-state index in [-0.39, 0.29) is 17.6 Å². The molecule has 1 aromatic carbocycles. The molecular weight excluding hydrogens is 354 g/mol. The molecule has 0 spiro atoms. The van der Waals surface area contributed by atoms with E-state index in [0.717, 1.165) is 57.8 Å². The monoisotopic (exact) mass is 379 g/mol. The van der Waals surface area contributed by atoms with Gasteiger partial charge in [0.25, 0.3) is 5.56 Å². The lowest BCUT2D eigenvalue weighted by Crippen LogP contribution is -2.27. The van der Waals surface area contributed by atoms with Crippen molar-refractivity contribution in [3.05, 3.63) is 58.3 Å². The van der Waals surface area contributed by atoms with Crippen LogP contribution < -0.4 is 5.56 Å². The molecule has 5 rings (SSSR count). The molecule has 2 aliphatic rings. The number of hydrogen-bond acceptors (Lipinski definition) is 5. The van der Waals surface area contributed by atoms with Crippen LogP contribution in [-0.2, 0) is 11.3 Å². The minimum Gasteiger partial charge on any atom is -0.381 e. The Hall–Kier alpha value is -2.51. The van der Waals surface area contributed by atoms with E-state index in [0.29, 0.717) is 11.0 Å². The van der Waals surface area contributed by atoms with E-state index < -0.39 is 0 Å². The highest BCUT2D eigenvalue weighted by Crippen LogP contribution is 2.32. The number of H-pyrrole nitrogens is 1. The Kier molecular flexibility index (Phi) is 4.70. The minimum atomic E-state index is -0.0927. The van der Waals surface area contributed by atoms with Crippen LogP contribution in [0.2, 0.25) is 0 Å². The summed E-state index contributed by atoms with van der Waals surface area (Å²) in [7, 11) is 0. The summed E-state index contributed by atoms with van der Waals surface area (Å²) in [6, 6.07) is 10.9. The molecule has 0 amide bonds. The summed E-state index contributed by atoms with van der Waals surface area (Å²) >= 11 is 0. The van der Waals surface area contributed by atoms with Gasteiger partial charge in [-0.1, -0.05) is 30.3 Å². The van der Waals surface area contributed by atoms with Gasteiger partial charge in [0.15, 0.2) is 5.65 Å². The van der Waals surface area contributed by atoms with Gasteiger partial charge in [0.05, 0.1) is 18.3 Å². The third-order valence-electron chi connectivity index (χ3n) is 5.93. The first-order valence-corrected chi connectivity index (χ1v) is 10.1. The van der Waals surface area contributed by atoms with E-state index in [1.54, 1.807) is 6.20 Å². The molecule has 28 heavy (non-hydrogen) atoms. The van der Waals surface area contributed by atoms with Gasteiger partial charge >= 0.3 is 0 Å². The molecule has 146 valence electrons. The maximum absolute atomic E-state index is 12.7. The van der Waals surface area contributed by atoms with E-state index in [4.69, 9.17) is 9.72 Å². The van der Waals surface area contributed by atoms with Crippen LogP contribution in [-0.4, -0.2) is 44.4 Å². The van der Waals surface area contributed by atoms with E-state index in [1.165, 1.54) is 5.56 Å². The number of aromatic nitrogens is 4. The zero-order valence-corrected chi connectivity index (χ0v) is 15.9. The largest absolute Gasteiger partial charge is 0.381 e. The van der Waals surface area contributed by atoms with Crippen molar-refractivity contribution in [3.8, 4) is 0 Å². The molecule has 7 heteroatoms. The third-order valence-corrected chi connectivity index (χ3v) is 5.93. The summed E-state index contributed by atoms with van der Waals surface area (Å²) in [5.41, 5.74) is 1.90. The molecule has 2 saturated heterocycles. The topological polar surface area (TPSA) is 76.0 Å². The molecule has 0 bridgehead atoms. The van der Waals surface area contributed by atoms with Gasteiger partial charge in [-0.25, -0.2) is 9.67 Å². The first-order valence-electron chi connectivity index (χ1n) is 10.1. The normalized spacial score (nSPS) is 21.5. The van der Waals surface area contributed by atoms with Gasteiger partial charge in [0.2, 0.25) is 0 Å².